The highest BCUT2D eigenvalue weighted by Gasteiger charge is 2.37. The summed E-state index contributed by atoms with van der Waals surface area (Å²) in [4.78, 5) is 25.8. The molecule has 21 heavy (non-hydrogen) atoms. The molecule has 2 aromatic carbocycles. The van der Waals surface area contributed by atoms with Gasteiger partial charge in [0.1, 0.15) is 0 Å². The number of rotatable bonds is 2. The molecule has 0 radical (unpaired) electrons. The highest BCUT2D eigenvalue weighted by Crippen LogP contribution is 2.30. The summed E-state index contributed by atoms with van der Waals surface area (Å²) in [5.41, 5.74) is 7.32. The maximum atomic E-state index is 12.4. The van der Waals surface area contributed by atoms with Crippen molar-refractivity contribution in [3.05, 3.63) is 63.1 Å². The second kappa shape index (κ2) is 5.06. The summed E-state index contributed by atoms with van der Waals surface area (Å²) >= 11 is 11.9. The number of benzene rings is 2. The van der Waals surface area contributed by atoms with E-state index in [0.717, 1.165) is 4.90 Å². The normalized spacial score (nSPS) is 13.7. The lowest BCUT2D eigenvalue weighted by Crippen LogP contribution is -2.29. The Morgan fingerprint density at radius 2 is 1.81 bits per heavy atom. The zero-order chi connectivity index (χ0) is 15.1. The number of hydrogen-bond acceptors (Lipinski definition) is 3. The van der Waals surface area contributed by atoms with Gasteiger partial charge in [0.05, 0.1) is 17.7 Å². The van der Waals surface area contributed by atoms with Crippen molar-refractivity contribution in [3.63, 3.8) is 0 Å². The van der Waals surface area contributed by atoms with Crippen LogP contribution < -0.4 is 5.73 Å². The van der Waals surface area contributed by atoms with Crippen LogP contribution in [0.5, 0.6) is 0 Å². The largest absolute Gasteiger partial charge is 0.398 e. The molecule has 1 aliphatic rings. The van der Waals surface area contributed by atoms with E-state index in [1.807, 2.05) is 0 Å². The molecule has 0 atom stereocenters. The fourth-order valence-corrected chi connectivity index (χ4v) is 2.79. The van der Waals surface area contributed by atoms with Gasteiger partial charge in [-0.1, -0.05) is 35.3 Å². The van der Waals surface area contributed by atoms with Crippen molar-refractivity contribution in [1.29, 1.82) is 0 Å². The quantitative estimate of drug-likeness (QED) is 0.681. The van der Waals surface area contributed by atoms with Gasteiger partial charge in [0.15, 0.2) is 0 Å². The van der Waals surface area contributed by atoms with Crippen LogP contribution in [0, 0.1) is 0 Å². The molecule has 6 heteroatoms. The van der Waals surface area contributed by atoms with Gasteiger partial charge in [-0.15, -0.1) is 0 Å². The van der Waals surface area contributed by atoms with Crippen LogP contribution in [-0.4, -0.2) is 16.7 Å². The molecule has 0 bridgehead atoms. The van der Waals surface area contributed by atoms with Gasteiger partial charge in [-0.2, -0.15) is 0 Å². The molecule has 4 nitrogen and oxygen atoms in total. The Labute approximate surface area is 131 Å². The number of nitrogen functional groups attached to an aromatic ring is 1. The molecule has 3 rings (SSSR count). The van der Waals surface area contributed by atoms with Crippen molar-refractivity contribution in [2.45, 2.75) is 6.54 Å². The second-order valence-corrected chi connectivity index (χ2v) is 5.55. The Bertz CT molecular complexity index is 774. The first-order valence-electron chi connectivity index (χ1n) is 6.17. The number of nitrogens with two attached hydrogens (primary N) is 1. The Morgan fingerprint density at radius 1 is 1.05 bits per heavy atom. The maximum Gasteiger partial charge on any atom is 0.263 e. The minimum Gasteiger partial charge on any atom is -0.398 e. The van der Waals surface area contributed by atoms with Crippen molar-refractivity contribution in [1.82, 2.24) is 4.90 Å². The van der Waals surface area contributed by atoms with Gasteiger partial charge in [0.25, 0.3) is 11.8 Å². The number of imide groups is 1. The number of amides is 2. The van der Waals surface area contributed by atoms with Crippen LogP contribution in [0.3, 0.4) is 0 Å². The van der Waals surface area contributed by atoms with E-state index < -0.39 is 5.91 Å². The third-order valence-corrected chi connectivity index (χ3v) is 3.96. The number of nitrogens with zero attached hydrogens (tertiary/aromatic N) is 1. The average molecular weight is 321 g/mol. The van der Waals surface area contributed by atoms with Crippen LogP contribution in [0.15, 0.2) is 36.4 Å². The predicted octanol–water partition coefficient (Wildman–Crippen LogP) is 3.37. The number of carbonyl (C=O) groups is 2. The van der Waals surface area contributed by atoms with E-state index in [4.69, 9.17) is 28.9 Å². The van der Waals surface area contributed by atoms with Gasteiger partial charge in [-0.3, -0.25) is 14.5 Å². The first-order valence-corrected chi connectivity index (χ1v) is 6.93. The highest BCUT2D eigenvalue weighted by atomic mass is 35.5. The molecule has 2 aromatic rings. The van der Waals surface area contributed by atoms with E-state index in [1.54, 1.807) is 36.4 Å². The Balaban J connectivity index is 1.97. The molecular weight excluding hydrogens is 311 g/mol. The Morgan fingerprint density at radius 3 is 2.48 bits per heavy atom. The predicted molar refractivity (Wildman–Crippen MR) is 81.5 cm³/mol. The molecule has 1 aliphatic heterocycles. The fourth-order valence-electron chi connectivity index (χ4n) is 2.32. The van der Waals surface area contributed by atoms with Crippen molar-refractivity contribution in [2.24, 2.45) is 0 Å². The molecule has 0 saturated heterocycles. The first kappa shape index (κ1) is 13.9. The zero-order valence-corrected chi connectivity index (χ0v) is 12.3. The van der Waals surface area contributed by atoms with E-state index in [-0.39, 0.29) is 18.0 Å². The van der Waals surface area contributed by atoms with Crippen molar-refractivity contribution >= 4 is 40.7 Å². The first-order chi connectivity index (χ1) is 9.99. The third kappa shape index (κ3) is 2.26. The standard InChI is InChI=1S/C15H10Cl2N2O2/c16-9-5-4-8(11(17)6-9)7-19-14(20)10-2-1-3-12(18)13(10)15(19)21/h1-6H,7,18H2. The van der Waals surface area contributed by atoms with Crippen LogP contribution in [0.25, 0.3) is 0 Å². The lowest BCUT2D eigenvalue weighted by atomic mass is 10.1. The summed E-state index contributed by atoms with van der Waals surface area (Å²) in [6.07, 6.45) is 0. The molecule has 2 N–H and O–H groups in total. The number of fused-ring (bicyclic) bond motifs is 1. The Hall–Kier alpha value is -2.04. The lowest BCUT2D eigenvalue weighted by molar-refractivity contribution is 0.0643. The fraction of sp³-hybridized carbons (Fsp3) is 0.0667. The number of halogens is 2. The van der Waals surface area contributed by atoms with Gasteiger partial charge in [0, 0.05) is 15.7 Å². The molecule has 0 aromatic heterocycles. The molecule has 1 heterocycles. The van der Waals surface area contributed by atoms with Crippen molar-refractivity contribution in [2.75, 3.05) is 5.73 Å². The van der Waals surface area contributed by atoms with Crippen molar-refractivity contribution < 1.29 is 9.59 Å². The summed E-state index contributed by atoms with van der Waals surface area (Å²) in [6, 6.07) is 9.77. The molecule has 106 valence electrons. The molecule has 0 unspecified atom stereocenters. The Kier molecular flexibility index (Phi) is 3.35. The molecule has 0 spiro atoms. The molecule has 0 saturated carbocycles. The summed E-state index contributed by atoms with van der Waals surface area (Å²) in [6.45, 7) is 0.0851. The highest BCUT2D eigenvalue weighted by molar-refractivity contribution is 6.35. The maximum absolute atomic E-state index is 12.4. The molecular formula is C15H10Cl2N2O2. The van der Waals surface area contributed by atoms with Gasteiger partial charge in [-0.05, 0) is 29.8 Å². The smallest absolute Gasteiger partial charge is 0.263 e. The number of anilines is 1. The molecule has 0 aliphatic carbocycles. The van der Waals surface area contributed by atoms with Gasteiger partial charge >= 0.3 is 0 Å². The van der Waals surface area contributed by atoms with E-state index in [2.05, 4.69) is 0 Å². The monoisotopic (exact) mass is 320 g/mol. The minimum absolute atomic E-state index is 0.0851. The topological polar surface area (TPSA) is 63.4 Å². The SMILES string of the molecule is Nc1cccc2c1C(=O)N(Cc1ccc(Cl)cc1Cl)C2=O. The summed E-state index contributed by atoms with van der Waals surface area (Å²) in [5.74, 6) is -0.771. The van der Waals surface area contributed by atoms with Crippen LogP contribution in [0.1, 0.15) is 26.3 Å². The van der Waals surface area contributed by atoms with Gasteiger partial charge < -0.3 is 5.73 Å². The van der Waals surface area contributed by atoms with E-state index >= 15 is 0 Å². The number of hydrogen-bond donors (Lipinski definition) is 1. The van der Waals surface area contributed by atoms with E-state index in [1.165, 1.54) is 0 Å². The zero-order valence-electron chi connectivity index (χ0n) is 10.8. The van der Waals surface area contributed by atoms with Crippen LogP contribution in [0.2, 0.25) is 10.0 Å². The lowest BCUT2D eigenvalue weighted by Gasteiger charge is -2.15. The third-order valence-electron chi connectivity index (χ3n) is 3.37. The van der Waals surface area contributed by atoms with E-state index in [0.29, 0.717) is 26.9 Å². The van der Waals surface area contributed by atoms with Crippen molar-refractivity contribution in [3.8, 4) is 0 Å². The molecule has 0 fully saturated rings. The van der Waals surface area contributed by atoms with Gasteiger partial charge in [0.2, 0.25) is 0 Å². The minimum atomic E-state index is -0.404. The number of carbonyl (C=O) groups excluding carboxylic acids is 2. The second-order valence-electron chi connectivity index (χ2n) is 4.70. The summed E-state index contributed by atoms with van der Waals surface area (Å²) in [7, 11) is 0. The van der Waals surface area contributed by atoms with E-state index in [9.17, 15) is 9.59 Å². The van der Waals surface area contributed by atoms with Crippen LogP contribution >= 0.6 is 23.2 Å². The van der Waals surface area contributed by atoms with Crippen LogP contribution in [-0.2, 0) is 6.54 Å². The summed E-state index contributed by atoms with van der Waals surface area (Å²) in [5, 5.41) is 0.905. The van der Waals surface area contributed by atoms with Gasteiger partial charge in [-0.25, -0.2) is 0 Å². The molecule has 2 amide bonds. The average Bonchev–Trinajstić information content (AvgIpc) is 2.68. The van der Waals surface area contributed by atoms with Crippen LogP contribution in [0.4, 0.5) is 5.69 Å². The summed E-state index contributed by atoms with van der Waals surface area (Å²) < 4.78 is 0.